The van der Waals surface area contributed by atoms with E-state index in [1.165, 1.54) is 24.5 Å². The topological polar surface area (TPSA) is 98.6 Å². The molecular formula is C12H11ClN4O2S. The van der Waals surface area contributed by atoms with Gasteiger partial charge >= 0.3 is 0 Å². The van der Waals surface area contributed by atoms with E-state index in [1.807, 2.05) is 6.07 Å². The molecule has 0 aliphatic heterocycles. The van der Waals surface area contributed by atoms with E-state index < -0.39 is 10.0 Å². The van der Waals surface area contributed by atoms with Crippen molar-refractivity contribution in [3.8, 4) is 6.07 Å². The third kappa shape index (κ3) is 3.36. The Balaban J connectivity index is 2.12. The molecule has 0 amide bonds. The van der Waals surface area contributed by atoms with Crippen molar-refractivity contribution in [3.05, 3.63) is 47.0 Å². The molecule has 1 aromatic carbocycles. The predicted molar refractivity (Wildman–Crippen MR) is 73.6 cm³/mol. The predicted octanol–water partition coefficient (Wildman–Crippen LogP) is 1.46. The summed E-state index contributed by atoms with van der Waals surface area (Å²) in [5.41, 5.74) is 1.06. The number of aromatic nitrogens is 2. The number of H-pyrrole nitrogens is 1. The molecular weight excluding hydrogens is 300 g/mol. The Hall–Kier alpha value is -1.88. The second kappa shape index (κ2) is 6.05. The second-order valence-corrected chi connectivity index (χ2v) is 6.12. The minimum Gasteiger partial charge on any atom is -0.348 e. The Morgan fingerprint density at radius 3 is 2.90 bits per heavy atom. The summed E-state index contributed by atoms with van der Waals surface area (Å²) in [7, 11) is -3.74. The first kappa shape index (κ1) is 14.5. The van der Waals surface area contributed by atoms with Crippen molar-refractivity contribution >= 4 is 21.6 Å². The van der Waals surface area contributed by atoms with Crippen LogP contribution in [0.15, 0.2) is 35.6 Å². The minimum absolute atomic E-state index is 0.0815. The fraction of sp³-hybridized carbons (Fsp3) is 0.167. The molecule has 0 bridgehead atoms. The number of sulfonamides is 1. The quantitative estimate of drug-likeness (QED) is 0.873. The van der Waals surface area contributed by atoms with Crippen LogP contribution in [0.25, 0.3) is 0 Å². The van der Waals surface area contributed by atoms with Crippen LogP contribution in [0.2, 0.25) is 5.02 Å². The number of rotatable bonds is 5. The molecule has 0 radical (unpaired) electrons. The summed E-state index contributed by atoms with van der Waals surface area (Å²) >= 11 is 5.87. The molecule has 2 aromatic rings. The molecule has 104 valence electrons. The van der Waals surface area contributed by atoms with E-state index >= 15 is 0 Å². The average Bonchev–Trinajstić information content (AvgIpc) is 2.92. The molecule has 0 spiro atoms. The number of nitriles is 1. The molecule has 20 heavy (non-hydrogen) atoms. The van der Waals surface area contributed by atoms with Crippen LogP contribution < -0.4 is 4.72 Å². The number of nitrogens with one attached hydrogen (secondary N) is 2. The normalized spacial score (nSPS) is 11.2. The highest BCUT2D eigenvalue weighted by Gasteiger charge is 2.18. The van der Waals surface area contributed by atoms with Gasteiger partial charge in [0.05, 0.1) is 23.0 Å². The van der Waals surface area contributed by atoms with Crippen molar-refractivity contribution in [2.24, 2.45) is 0 Å². The zero-order chi connectivity index (χ0) is 14.6. The zero-order valence-electron chi connectivity index (χ0n) is 10.3. The highest BCUT2D eigenvalue weighted by molar-refractivity contribution is 7.89. The van der Waals surface area contributed by atoms with Gasteiger partial charge in [-0.1, -0.05) is 11.6 Å². The van der Waals surface area contributed by atoms with E-state index in [1.54, 1.807) is 6.20 Å². The Morgan fingerprint density at radius 2 is 2.25 bits per heavy atom. The molecule has 0 aliphatic carbocycles. The lowest BCUT2D eigenvalue weighted by molar-refractivity contribution is 0.581. The number of benzene rings is 1. The molecule has 0 unspecified atom stereocenters. The molecule has 8 heteroatoms. The first-order chi connectivity index (χ1) is 9.53. The van der Waals surface area contributed by atoms with Crippen molar-refractivity contribution in [1.82, 2.24) is 14.7 Å². The summed E-state index contributed by atoms with van der Waals surface area (Å²) < 4.78 is 26.7. The van der Waals surface area contributed by atoms with Gasteiger partial charge in [0.2, 0.25) is 10.0 Å². The van der Waals surface area contributed by atoms with Gasteiger partial charge in [-0.3, -0.25) is 0 Å². The van der Waals surface area contributed by atoms with Crippen LogP contribution in [0.4, 0.5) is 0 Å². The molecule has 6 nitrogen and oxygen atoms in total. The van der Waals surface area contributed by atoms with Crippen molar-refractivity contribution in [1.29, 1.82) is 5.26 Å². The fourth-order valence-electron chi connectivity index (χ4n) is 1.60. The summed E-state index contributed by atoms with van der Waals surface area (Å²) in [4.78, 5) is 6.63. The Kier molecular flexibility index (Phi) is 4.39. The minimum atomic E-state index is -3.74. The summed E-state index contributed by atoms with van der Waals surface area (Å²) in [6, 6.07) is 5.99. The maximum Gasteiger partial charge on any atom is 0.242 e. The van der Waals surface area contributed by atoms with Gasteiger partial charge in [0.1, 0.15) is 4.90 Å². The average molecular weight is 311 g/mol. The van der Waals surface area contributed by atoms with E-state index in [0.717, 1.165) is 5.69 Å². The lowest BCUT2D eigenvalue weighted by Crippen LogP contribution is -2.26. The van der Waals surface area contributed by atoms with E-state index in [0.29, 0.717) is 6.42 Å². The molecule has 0 atom stereocenters. The number of imidazole rings is 1. The lowest BCUT2D eigenvalue weighted by atomic mass is 10.2. The van der Waals surface area contributed by atoms with Crippen molar-refractivity contribution in [2.75, 3.05) is 6.54 Å². The number of aromatic amines is 1. The van der Waals surface area contributed by atoms with Crippen LogP contribution in [-0.4, -0.2) is 24.9 Å². The smallest absolute Gasteiger partial charge is 0.242 e. The summed E-state index contributed by atoms with van der Waals surface area (Å²) in [5, 5.41) is 8.88. The third-order valence-corrected chi connectivity index (χ3v) is 4.53. The maximum absolute atomic E-state index is 12.1. The van der Waals surface area contributed by atoms with Crippen LogP contribution in [0.3, 0.4) is 0 Å². The molecule has 2 N–H and O–H groups in total. The van der Waals surface area contributed by atoms with E-state index in [4.69, 9.17) is 16.9 Å². The molecule has 0 saturated heterocycles. The van der Waals surface area contributed by atoms with Gasteiger partial charge in [0.25, 0.3) is 0 Å². The zero-order valence-corrected chi connectivity index (χ0v) is 11.9. The summed E-state index contributed by atoms with van der Waals surface area (Å²) in [5.74, 6) is 0. The number of hydrogen-bond donors (Lipinski definition) is 2. The van der Waals surface area contributed by atoms with Gasteiger partial charge < -0.3 is 4.98 Å². The number of nitrogens with zero attached hydrogens (tertiary/aromatic N) is 2. The fourth-order valence-corrected chi connectivity index (χ4v) is 3.15. The van der Waals surface area contributed by atoms with Crippen molar-refractivity contribution < 1.29 is 8.42 Å². The highest BCUT2D eigenvalue weighted by Crippen LogP contribution is 2.22. The highest BCUT2D eigenvalue weighted by atomic mass is 35.5. The van der Waals surface area contributed by atoms with E-state index in [-0.39, 0.29) is 22.0 Å². The molecule has 0 fully saturated rings. The second-order valence-electron chi connectivity index (χ2n) is 3.98. The van der Waals surface area contributed by atoms with Gasteiger partial charge in [-0.15, -0.1) is 0 Å². The molecule has 1 heterocycles. The van der Waals surface area contributed by atoms with Gasteiger partial charge in [-0.05, 0) is 18.2 Å². The molecule has 1 aromatic heterocycles. The Bertz CT molecular complexity index is 735. The van der Waals surface area contributed by atoms with E-state index in [9.17, 15) is 8.42 Å². The van der Waals surface area contributed by atoms with Crippen molar-refractivity contribution in [2.45, 2.75) is 11.3 Å². The third-order valence-electron chi connectivity index (χ3n) is 2.59. The van der Waals surface area contributed by atoms with Crippen LogP contribution in [0.5, 0.6) is 0 Å². The first-order valence-corrected chi connectivity index (χ1v) is 7.55. The van der Waals surface area contributed by atoms with Crippen LogP contribution >= 0.6 is 11.6 Å². The summed E-state index contributed by atoms with van der Waals surface area (Å²) in [6.45, 7) is 0.206. The lowest BCUT2D eigenvalue weighted by Gasteiger charge is -2.08. The van der Waals surface area contributed by atoms with Gasteiger partial charge in [-0.2, -0.15) is 5.26 Å². The number of halogens is 1. The Labute approximate surface area is 121 Å². The van der Waals surface area contributed by atoms with Crippen LogP contribution in [-0.2, 0) is 16.4 Å². The number of hydrogen-bond acceptors (Lipinski definition) is 4. The van der Waals surface area contributed by atoms with E-state index in [2.05, 4.69) is 14.7 Å². The maximum atomic E-state index is 12.1. The Morgan fingerprint density at radius 1 is 1.45 bits per heavy atom. The SMILES string of the molecule is N#Cc1ccc(Cl)c(S(=O)(=O)NCCc2cnc[nH]2)c1. The first-order valence-electron chi connectivity index (χ1n) is 5.69. The van der Waals surface area contributed by atoms with Gasteiger partial charge in [-0.25, -0.2) is 18.1 Å². The van der Waals surface area contributed by atoms with Gasteiger partial charge in [0, 0.05) is 24.9 Å². The largest absolute Gasteiger partial charge is 0.348 e. The molecule has 2 rings (SSSR count). The summed E-state index contributed by atoms with van der Waals surface area (Å²) in [6.07, 6.45) is 3.63. The van der Waals surface area contributed by atoms with Crippen molar-refractivity contribution in [3.63, 3.8) is 0 Å². The molecule has 0 saturated carbocycles. The van der Waals surface area contributed by atoms with Crippen LogP contribution in [0, 0.1) is 11.3 Å². The van der Waals surface area contributed by atoms with Crippen LogP contribution in [0.1, 0.15) is 11.3 Å². The van der Waals surface area contributed by atoms with Gasteiger partial charge in [0.15, 0.2) is 0 Å². The monoisotopic (exact) mass is 310 g/mol. The standard InChI is InChI=1S/C12H11ClN4O2S/c13-11-2-1-9(6-14)5-12(11)20(18,19)17-4-3-10-7-15-8-16-10/h1-2,5,7-8,17H,3-4H2,(H,15,16). The molecule has 0 aliphatic rings.